The zero-order valence-corrected chi connectivity index (χ0v) is 9.86. The van der Waals surface area contributed by atoms with Crippen LogP contribution in [0.3, 0.4) is 0 Å². The molecule has 0 aliphatic heterocycles. The lowest BCUT2D eigenvalue weighted by Crippen LogP contribution is -2.43. The van der Waals surface area contributed by atoms with E-state index in [0.29, 0.717) is 6.54 Å². The molecule has 5 heteroatoms. The number of alkyl halides is 3. The zero-order chi connectivity index (χ0) is 12.3. The summed E-state index contributed by atoms with van der Waals surface area (Å²) in [5.74, 6) is 0. The molecule has 1 unspecified atom stereocenters. The molecule has 0 aliphatic rings. The van der Waals surface area contributed by atoms with E-state index in [0.717, 1.165) is 0 Å². The summed E-state index contributed by atoms with van der Waals surface area (Å²) in [7, 11) is 1.69. The monoisotopic (exact) mass is 226 g/mol. The van der Waals surface area contributed by atoms with Gasteiger partial charge in [-0.3, -0.25) is 0 Å². The van der Waals surface area contributed by atoms with E-state index >= 15 is 0 Å². The summed E-state index contributed by atoms with van der Waals surface area (Å²) in [6.07, 6.45) is -4.84. The van der Waals surface area contributed by atoms with Gasteiger partial charge in [-0.25, -0.2) is 0 Å². The van der Waals surface area contributed by atoms with Crippen LogP contribution in [0.4, 0.5) is 13.2 Å². The van der Waals surface area contributed by atoms with Crippen LogP contribution in [0.2, 0.25) is 0 Å². The van der Waals surface area contributed by atoms with Gasteiger partial charge in [-0.05, 0) is 19.4 Å². The third-order valence-corrected chi connectivity index (χ3v) is 2.69. The number of nitrogens with two attached hydrogens (primary N) is 1. The van der Waals surface area contributed by atoms with Crippen LogP contribution in [0, 0.1) is 5.41 Å². The molecule has 2 nitrogen and oxygen atoms in total. The zero-order valence-electron chi connectivity index (χ0n) is 9.86. The summed E-state index contributed by atoms with van der Waals surface area (Å²) >= 11 is 0. The second-order valence-electron chi connectivity index (χ2n) is 4.88. The lowest BCUT2D eigenvalue weighted by atomic mass is 9.85. The smallest absolute Gasteiger partial charge is 0.327 e. The normalized spacial score (nSPS) is 15.8. The Labute approximate surface area is 89.6 Å². The lowest BCUT2D eigenvalue weighted by Gasteiger charge is -2.33. The highest BCUT2D eigenvalue weighted by Gasteiger charge is 2.29. The van der Waals surface area contributed by atoms with Gasteiger partial charge in [-0.2, -0.15) is 13.2 Å². The van der Waals surface area contributed by atoms with Crippen molar-refractivity contribution in [1.82, 2.24) is 4.90 Å². The molecule has 0 rings (SSSR count). The SMILES string of the molecule is CC(N)C(C)(C)CN(C)CCC(F)(F)F. The second-order valence-corrected chi connectivity index (χ2v) is 4.88. The van der Waals surface area contributed by atoms with Crippen LogP contribution in [0.25, 0.3) is 0 Å². The molecule has 0 fully saturated rings. The van der Waals surface area contributed by atoms with Gasteiger partial charge in [0.05, 0.1) is 6.42 Å². The van der Waals surface area contributed by atoms with Gasteiger partial charge in [0.15, 0.2) is 0 Å². The molecule has 0 radical (unpaired) electrons. The van der Waals surface area contributed by atoms with E-state index in [1.807, 2.05) is 20.8 Å². The Morgan fingerprint density at radius 1 is 1.27 bits per heavy atom. The predicted molar refractivity (Wildman–Crippen MR) is 55.6 cm³/mol. The molecule has 0 aromatic heterocycles. The molecule has 0 saturated heterocycles. The largest absolute Gasteiger partial charge is 0.390 e. The van der Waals surface area contributed by atoms with Crippen molar-refractivity contribution in [3.05, 3.63) is 0 Å². The highest BCUT2D eigenvalue weighted by Crippen LogP contribution is 2.23. The maximum absolute atomic E-state index is 12.0. The summed E-state index contributed by atoms with van der Waals surface area (Å²) < 4.78 is 35.9. The minimum absolute atomic E-state index is 0.0274. The van der Waals surface area contributed by atoms with Crippen molar-refractivity contribution < 1.29 is 13.2 Å². The van der Waals surface area contributed by atoms with Crippen molar-refractivity contribution in [3.8, 4) is 0 Å². The summed E-state index contributed by atoms with van der Waals surface area (Å²) in [6.45, 7) is 6.39. The fourth-order valence-corrected chi connectivity index (χ4v) is 1.24. The van der Waals surface area contributed by atoms with Gasteiger partial charge in [0.2, 0.25) is 0 Å². The van der Waals surface area contributed by atoms with Gasteiger partial charge in [0.25, 0.3) is 0 Å². The molecule has 15 heavy (non-hydrogen) atoms. The molecule has 0 aromatic carbocycles. The highest BCUT2D eigenvalue weighted by atomic mass is 19.4. The quantitative estimate of drug-likeness (QED) is 0.779. The Morgan fingerprint density at radius 2 is 1.73 bits per heavy atom. The molecule has 0 spiro atoms. The van der Waals surface area contributed by atoms with Gasteiger partial charge in [-0.15, -0.1) is 0 Å². The Kier molecular flexibility index (Phi) is 5.06. The van der Waals surface area contributed by atoms with Crippen LogP contribution in [-0.2, 0) is 0 Å². The van der Waals surface area contributed by atoms with Crippen molar-refractivity contribution in [2.24, 2.45) is 11.1 Å². The number of nitrogens with zero attached hydrogens (tertiary/aromatic N) is 1. The fourth-order valence-electron chi connectivity index (χ4n) is 1.24. The molecule has 0 aromatic rings. The Bertz CT molecular complexity index is 188. The number of hydrogen-bond donors (Lipinski definition) is 1. The molecule has 0 heterocycles. The Morgan fingerprint density at radius 3 is 2.07 bits per heavy atom. The van der Waals surface area contributed by atoms with Crippen molar-refractivity contribution in [3.63, 3.8) is 0 Å². The van der Waals surface area contributed by atoms with Crippen molar-refractivity contribution in [2.45, 2.75) is 39.4 Å². The average molecular weight is 226 g/mol. The van der Waals surface area contributed by atoms with Crippen LogP contribution in [0.1, 0.15) is 27.2 Å². The summed E-state index contributed by atoms with van der Waals surface area (Å²) in [5.41, 5.74) is 5.59. The van der Waals surface area contributed by atoms with Crippen LogP contribution in [-0.4, -0.2) is 37.3 Å². The van der Waals surface area contributed by atoms with Crippen molar-refractivity contribution >= 4 is 0 Å². The third kappa shape index (κ3) is 6.73. The third-order valence-electron chi connectivity index (χ3n) is 2.69. The van der Waals surface area contributed by atoms with Gasteiger partial charge in [0, 0.05) is 19.1 Å². The Hall–Kier alpha value is -0.290. The first-order valence-electron chi connectivity index (χ1n) is 5.05. The maximum Gasteiger partial charge on any atom is 0.390 e. The fraction of sp³-hybridized carbons (Fsp3) is 1.00. The van der Waals surface area contributed by atoms with Crippen LogP contribution < -0.4 is 5.73 Å². The van der Waals surface area contributed by atoms with Crippen LogP contribution in [0.15, 0.2) is 0 Å². The molecule has 0 bridgehead atoms. The van der Waals surface area contributed by atoms with Gasteiger partial charge in [-0.1, -0.05) is 13.8 Å². The first kappa shape index (κ1) is 14.7. The minimum Gasteiger partial charge on any atom is -0.327 e. The molecule has 0 amide bonds. The van der Waals surface area contributed by atoms with E-state index in [-0.39, 0.29) is 18.0 Å². The van der Waals surface area contributed by atoms with E-state index in [2.05, 4.69) is 0 Å². The molecule has 1 atom stereocenters. The molecule has 0 aliphatic carbocycles. The predicted octanol–water partition coefficient (Wildman–Crippen LogP) is 2.24. The first-order chi connectivity index (χ1) is 6.54. The average Bonchev–Trinajstić information content (AvgIpc) is 1.98. The second kappa shape index (κ2) is 5.16. The van der Waals surface area contributed by atoms with Gasteiger partial charge in [0.1, 0.15) is 0 Å². The standard InChI is InChI=1S/C10H21F3N2/c1-8(14)9(2,3)7-15(4)6-5-10(11,12)13/h8H,5-7,14H2,1-4H3. The van der Waals surface area contributed by atoms with Gasteiger partial charge < -0.3 is 10.6 Å². The van der Waals surface area contributed by atoms with E-state index in [4.69, 9.17) is 5.73 Å². The number of rotatable bonds is 5. The number of hydrogen-bond acceptors (Lipinski definition) is 2. The lowest BCUT2D eigenvalue weighted by molar-refractivity contribution is -0.137. The molecular weight excluding hydrogens is 205 g/mol. The summed E-state index contributed by atoms with van der Waals surface area (Å²) in [5, 5.41) is 0. The highest BCUT2D eigenvalue weighted by molar-refractivity contribution is 4.80. The number of halogens is 3. The van der Waals surface area contributed by atoms with Crippen LogP contribution >= 0.6 is 0 Å². The van der Waals surface area contributed by atoms with E-state index < -0.39 is 12.6 Å². The molecule has 92 valence electrons. The van der Waals surface area contributed by atoms with E-state index in [9.17, 15) is 13.2 Å². The van der Waals surface area contributed by atoms with E-state index in [1.54, 1.807) is 11.9 Å². The van der Waals surface area contributed by atoms with Crippen molar-refractivity contribution in [1.29, 1.82) is 0 Å². The first-order valence-corrected chi connectivity index (χ1v) is 5.05. The van der Waals surface area contributed by atoms with E-state index in [1.165, 1.54) is 0 Å². The van der Waals surface area contributed by atoms with Gasteiger partial charge >= 0.3 is 6.18 Å². The Balaban J connectivity index is 3.99. The summed E-state index contributed by atoms with van der Waals surface area (Å²) in [6, 6.07) is -0.0363. The topological polar surface area (TPSA) is 29.3 Å². The maximum atomic E-state index is 12.0. The minimum atomic E-state index is -4.08. The van der Waals surface area contributed by atoms with Crippen molar-refractivity contribution in [2.75, 3.05) is 20.1 Å². The molecule has 2 N–H and O–H groups in total. The molecular formula is C10H21F3N2. The summed E-state index contributed by atoms with van der Waals surface area (Å²) in [4.78, 5) is 1.68. The van der Waals surface area contributed by atoms with Crippen LogP contribution in [0.5, 0.6) is 0 Å². The molecule has 0 saturated carbocycles.